The normalized spacial score (nSPS) is 15.0. The van der Waals surface area contributed by atoms with Gasteiger partial charge in [0.05, 0.1) is 6.10 Å². The van der Waals surface area contributed by atoms with Gasteiger partial charge in [0.25, 0.3) is 0 Å². The fourth-order valence-corrected chi connectivity index (χ4v) is 2.50. The van der Waals surface area contributed by atoms with E-state index in [1.807, 2.05) is 6.92 Å². The average molecular weight is 293 g/mol. The number of methoxy groups -OCH3 is 1. The lowest BCUT2D eigenvalue weighted by atomic mass is 9.96. The third kappa shape index (κ3) is 5.71. The summed E-state index contributed by atoms with van der Waals surface area (Å²) < 4.78 is 5.30. The Kier molecular flexibility index (Phi) is 6.29. The van der Waals surface area contributed by atoms with Gasteiger partial charge >= 0.3 is 0 Å². The summed E-state index contributed by atoms with van der Waals surface area (Å²) in [6.07, 6.45) is 0.905. The molecule has 0 amide bonds. The lowest BCUT2D eigenvalue weighted by molar-refractivity contribution is 0.117. The van der Waals surface area contributed by atoms with Crippen molar-refractivity contribution in [2.75, 3.05) is 13.7 Å². The Morgan fingerprint density at radius 1 is 1.10 bits per heavy atom. The Balaban J connectivity index is 2.88. The molecule has 2 unspecified atom stereocenters. The summed E-state index contributed by atoms with van der Waals surface area (Å²) in [5, 5.41) is 3.55. The molecule has 0 radical (unpaired) electrons. The van der Waals surface area contributed by atoms with Gasteiger partial charge in [-0.15, -0.1) is 0 Å². The van der Waals surface area contributed by atoms with Crippen LogP contribution in [0.25, 0.3) is 0 Å². The number of aromatic nitrogens is 2. The highest BCUT2D eigenvalue weighted by Crippen LogP contribution is 2.22. The van der Waals surface area contributed by atoms with E-state index >= 15 is 0 Å². The Hall–Kier alpha value is -1.00. The van der Waals surface area contributed by atoms with Crippen molar-refractivity contribution in [3.05, 3.63) is 22.8 Å². The van der Waals surface area contributed by atoms with Crippen molar-refractivity contribution in [1.82, 2.24) is 15.3 Å². The van der Waals surface area contributed by atoms with Crippen LogP contribution in [0.2, 0.25) is 0 Å². The fourth-order valence-electron chi connectivity index (χ4n) is 2.50. The van der Waals surface area contributed by atoms with Crippen LogP contribution in [0.5, 0.6) is 0 Å². The molecule has 4 heteroatoms. The van der Waals surface area contributed by atoms with Crippen LogP contribution in [0.15, 0.2) is 0 Å². The summed E-state index contributed by atoms with van der Waals surface area (Å²) in [6, 6.07) is 0. The van der Waals surface area contributed by atoms with Gasteiger partial charge in [-0.1, -0.05) is 6.92 Å². The van der Waals surface area contributed by atoms with Gasteiger partial charge in [0.15, 0.2) is 0 Å². The van der Waals surface area contributed by atoms with Crippen LogP contribution in [-0.4, -0.2) is 35.3 Å². The topological polar surface area (TPSA) is 47.0 Å². The molecule has 0 saturated heterocycles. The van der Waals surface area contributed by atoms with E-state index in [4.69, 9.17) is 4.74 Å². The highest BCUT2D eigenvalue weighted by atomic mass is 16.5. The van der Waals surface area contributed by atoms with Gasteiger partial charge < -0.3 is 10.1 Å². The number of nitrogens with one attached hydrogen (secondary N) is 1. The standard InChI is InChI=1S/C17H31N3O/c1-11(10-18-17(5,6)7)16-13(3)19-15(20-14(16)4)9-12(2)21-8/h11-12,18H,9-10H2,1-8H3. The van der Waals surface area contributed by atoms with Gasteiger partial charge in [-0.05, 0) is 53.0 Å². The Morgan fingerprint density at radius 2 is 1.62 bits per heavy atom. The van der Waals surface area contributed by atoms with Crippen LogP contribution in [0.3, 0.4) is 0 Å². The number of nitrogens with zero attached hydrogens (tertiary/aromatic N) is 2. The first-order valence-corrected chi connectivity index (χ1v) is 7.76. The third-order valence-corrected chi connectivity index (χ3v) is 3.68. The molecule has 0 fully saturated rings. The SMILES string of the molecule is COC(C)Cc1nc(C)c(C(C)CNC(C)(C)C)c(C)n1. The maximum Gasteiger partial charge on any atom is 0.131 e. The molecule has 1 rings (SSSR count). The summed E-state index contributed by atoms with van der Waals surface area (Å²) >= 11 is 0. The van der Waals surface area contributed by atoms with Gasteiger partial charge in [0, 0.05) is 37.0 Å². The zero-order valence-corrected chi connectivity index (χ0v) is 14.9. The molecule has 0 aliphatic carbocycles. The summed E-state index contributed by atoms with van der Waals surface area (Å²) in [6.45, 7) is 15.9. The monoisotopic (exact) mass is 293 g/mol. The van der Waals surface area contributed by atoms with Gasteiger partial charge in [-0.3, -0.25) is 0 Å². The molecule has 21 heavy (non-hydrogen) atoms. The lowest BCUT2D eigenvalue weighted by Crippen LogP contribution is -2.38. The number of hydrogen-bond acceptors (Lipinski definition) is 4. The smallest absolute Gasteiger partial charge is 0.131 e. The first-order chi connectivity index (χ1) is 9.64. The van der Waals surface area contributed by atoms with Crippen molar-refractivity contribution in [2.45, 2.75) is 72.4 Å². The molecule has 1 aromatic rings. The predicted octanol–water partition coefficient (Wildman–Crippen LogP) is 3.16. The number of hydrogen-bond donors (Lipinski definition) is 1. The fraction of sp³-hybridized carbons (Fsp3) is 0.765. The van der Waals surface area contributed by atoms with Crippen LogP contribution < -0.4 is 5.32 Å². The minimum atomic E-state index is 0.130. The van der Waals surface area contributed by atoms with Crippen molar-refractivity contribution in [3.63, 3.8) is 0 Å². The molecule has 2 atom stereocenters. The van der Waals surface area contributed by atoms with E-state index < -0.39 is 0 Å². The molecule has 1 heterocycles. The van der Waals surface area contributed by atoms with Gasteiger partial charge in [-0.2, -0.15) is 0 Å². The van der Waals surface area contributed by atoms with E-state index in [0.29, 0.717) is 5.92 Å². The van der Waals surface area contributed by atoms with Crippen LogP contribution in [0, 0.1) is 13.8 Å². The van der Waals surface area contributed by atoms with E-state index in [-0.39, 0.29) is 11.6 Å². The lowest BCUT2D eigenvalue weighted by Gasteiger charge is -2.25. The van der Waals surface area contributed by atoms with Crippen LogP contribution in [-0.2, 0) is 11.2 Å². The summed E-state index contributed by atoms with van der Waals surface area (Å²) in [4.78, 5) is 9.34. The van der Waals surface area contributed by atoms with Crippen molar-refractivity contribution in [1.29, 1.82) is 0 Å². The van der Waals surface area contributed by atoms with E-state index in [9.17, 15) is 0 Å². The van der Waals surface area contributed by atoms with Crippen molar-refractivity contribution < 1.29 is 4.74 Å². The largest absolute Gasteiger partial charge is 0.381 e. The second-order valence-corrected chi connectivity index (χ2v) is 7.01. The molecule has 0 aliphatic heterocycles. The zero-order valence-electron chi connectivity index (χ0n) is 14.9. The first kappa shape index (κ1) is 18.1. The van der Waals surface area contributed by atoms with Gasteiger partial charge in [-0.25, -0.2) is 9.97 Å². The molecule has 0 aromatic carbocycles. The van der Waals surface area contributed by atoms with E-state index in [0.717, 1.165) is 30.2 Å². The number of rotatable bonds is 6. The second kappa shape index (κ2) is 7.32. The minimum absolute atomic E-state index is 0.130. The third-order valence-electron chi connectivity index (χ3n) is 3.68. The summed E-state index contributed by atoms with van der Waals surface area (Å²) in [5.41, 5.74) is 3.57. The molecule has 120 valence electrons. The molecule has 0 bridgehead atoms. The predicted molar refractivity (Wildman–Crippen MR) is 87.9 cm³/mol. The van der Waals surface area contributed by atoms with Crippen LogP contribution in [0.4, 0.5) is 0 Å². The van der Waals surface area contributed by atoms with Gasteiger partial charge in [0.1, 0.15) is 5.82 Å². The van der Waals surface area contributed by atoms with Crippen LogP contribution >= 0.6 is 0 Å². The molecule has 0 aliphatic rings. The van der Waals surface area contributed by atoms with Crippen molar-refractivity contribution in [3.8, 4) is 0 Å². The Labute approximate surface area is 129 Å². The Bertz CT molecular complexity index is 443. The molecule has 0 saturated carbocycles. The van der Waals surface area contributed by atoms with Crippen molar-refractivity contribution in [2.24, 2.45) is 0 Å². The highest BCUT2D eigenvalue weighted by Gasteiger charge is 2.18. The first-order valence-electron chi connectivity index (χ1n) is 7.76. The quantitative estimate of drug-likeness (QED) is 0.875. The van der Waals surface area contributed by atoms with Gasteiger partial charge in [0.2, 0.25) is 0 Å². The number of ether oxygens (including phenoxy) is 1. The summed E-state index contributed by atoms with van der Waals surface area (Å²) in [5.74, 6) is 1.28. The molecular formula is C17H31N3O. The van der Waals surface area contributed by atoms with Crippen LogP contribution in [0.1, 0.15) is 63.3 Å². The highest BCUT2D eigenvalue weighted by molar-refractivity contribution is 5.28. The summed E-state index contributed by atoms with van der Waals surface area (Å²) in [7, 11) is 1.72. The molecule has 4 nitrogen and oxygen atoms in total. The zero-order chi connectivity index (χ0) is 16.2. The Morgan fingerprint density at radius 3 is 2.05 bits per heavy atom. The van der Waals surface area contributed by atoms with E-state index in [1.54, 1.807) is 7.11 Å². The number of aryl methyl sites for hydroxylation is 2. The molecule has 0 spiro atoms. The average Bonchev–Trinajstić information content (AvgIpc) is 2.34. The van der Waals surface area contributed by atoms with Crippen molar-refractivity contribution >= 4 is 0 Å². The van der Waals surface area contributed by atoms with E-state index in [2.05, 4.69) is 56.8 Å². The molecular weight excluding hydrogens is 262 g/mol. The minimum Gasteiger partial charge on any atom is -0.381 e. The van der Waals surface area contributed by atoms with E-state index in [1.165, 1.54) is 5.56 Å². The molecule has 1 aromatic heterocycles. The second-order valence-electron chi connectivity index (χ2n) is 7.01. The maximum absolute atomic E-state index is 5.30. The maximum atomic E-state index is 5.30. The molecule has 1 N–H and O–H groups in total.